The third kappa shape index (κ3) is 3.03. The minimum Gasteiger partial charge on any atom is -0.479 e. The number of amides is 1. The Labute approximate surface area is 129 Å². The first kappa shape index (κ1) is 15.8. The van der Waals surface area contributed by atoms with Gasteiger partial charge in [-0.3, -0.25) is 4.79 Å². The first-order valence-corrected chi connectivity index (χ1v) is 7.04. The normalized spacial score (nSPS) is 12.0. The predicted octanol–water partition coefficient (Wildman–Crippen LogP) is 2.51. The lowest BCUT2D eigenvalue weighted by molar-refractivity contribution is -0.139. The molecule has 1 heterocycles. The van der Waals surface area contributed by atoms with Crippen LogP contribution in [-0.2, 0) is 11.8 Å². The predicted molar refractivity (Wildman–Crippen MR) is 83.9 cm³/mol. The van der Waals surface area contributed by atoms with Gasteiger partial charge < -0.3 is 15.0 Å². The maximum absolute atomic E-state index is 12.3. The molecule has 1 amide bonds. The number of hydrogen-bond acceptors (Lipinski definition) is 2. The molecule has 2 N–H and O–H groups in total. The van der Waals surface area contributed by atoms with E-state index in [1.165, 1.54) is 0 Å². The molecule has 5 heteroatoms. The van der Waals surface area contributed by atoms with Crippen molar-refractivity contribution in [2.45, 2.75) is 26.8 Å². The minimum absolute atomic E-state index is 0.402. The molecule has 2 aromatic rings. The number of carbonyl (C=O) groups excluding carboxylic acids is 1. The van der Waals surface area contributed by atoms with Crippen LogP contribution in [-0.4, -0.2) is 21.6 Å². The molecule has 0 aliphatic rings. The van der Waals surface area contributed by atoms with Crippen molar-refractivity contribution in [2.24, 2.45) is 7.05 Å². The maximum atomic E-state index is 12.3. The summed E-state index contributed by atoms with van der Waals surface area (Å²) < 4.78 is 1.73. The summed E-state index contributed by atoms with van der Waals surface area (Å²) in [5.74, 6) is -1.48. The van der Waals surface area contributed by atoms with Crippen molar-refractivity contribution in [3.05, 3.63) is 58.4 Å². The number of aromatic nitrogens is 1. The molecular weight excluding hydrogens is 280 g/mol. The van der Waals surface area contributed by atoms with E-state index in [0.29, 0.717) is 11.3 Å². The van der Waals surface area contributed by atoms with Crippen LogP contribution in [0, 0.1) is 20.8 Å². The van der Waals surface area contributed by atoms with Crippen molar-refractivity contribution in [3.8, 4) is 0 Å². The Bertz CT molecular complexity index is 732. The number of carboxylic acid groups (broad SMARTS) is 1. The van der Waals surface area contributed by atoms with Gasteiger partial charge in [-0.1, -0.05) is 18.2 Å². The molecule has 0 saturated carbocycles. The van der Waals surface area contributed by atoms with Crippen LogP contribution in [0.15, 0.2) is 30.3 Å². The van der Waals surface area contributed by atoms with Crippen molar-refractivity contribution in [2.75, 3.05) is 0 Å². The van der Waals surface area contributed by atoms with Gasteiger partial charge in [-0.2, -0.15) is 0 Å². The molecular formula is C17H20N2O3. The van der Waals surface area contributed by atoms with Crippen LogP contribution in [0.2, 0.25) is 0 Å². The summed E-state index contributed by atoms with van der Waals surface area (Å²) in [4.78, 5) is 23.9. The fraction of sp³-hybridized carbons (Fsp3) is 0.294. The van der Waals surface area contributed by atoms with E-state index in [4.69, 9.17) is 0 Å². The molecule has 0 radical (unpaired) electrons. The summed E-state index contributed by atoms with van der Waals surface area (Å²) in [6.07, 6.45) is 0. The summed E-state index contributed by atoms with van der Waals surface area (Å²) in [5.41, 5.74) is 4.01. The number of nitrogens with one attached hydrogen (secondary N) is 1. The maximum Gasteiger partial charge on any atom is 0.330 e. The minimum atomic E-state index is -1.08. The second kappa shape index (κ2) is 6.05. The summed E-state index contributed by atoms with van der Waals surface area (Å²) in [7, 11) is 1.77. The average molecular weight is 300 g/mol. The Hall–Kier alpha value is -2.56. The lowest BCUT2D eigenvalue weighted by Gasteiger charge is -2.16. The van der Waals surface area contributed by atoms with E-state index in [1.807, 2.05) is 32.9 Å². The van der Waals surface area contributed by atoms with Gasteiger partial charge in [-0.25, -0.2) is 4.79 Å². The molecule has 2 rings (SSSR count). The van der Waals surface area contributed by atoms with Crippen LogP contribution in [0.1, 0.15) is 38.9 Å². The van der Waals surface area contributed by atoms with Gasteiger partial charge in [0.15, 0.2) is 6.04 Å². The number of rotatable bonds is 4. The first-order chi connectivity index (χ1) is 10.3. The number of benzene rings is 1. The van der Waals surface area contributed by atoms with Crippen molar-refractivity contribution < 1.29 is 14.7 Å². The Kier molecular flexibility index (Phi) is 4.35. The van der Waals surface area contributed by atoms with Crippen LogP contribution in [0.3, 0.4) is 0 Å². The smallest absolute Gasteiger partial charge is 0.330 e. The van der Waals surface area contributed by atoms with E-state index in [1.54, 1.807) is 29.8 Å². The van der Waals surface area contributed by atoms with Crippen molar-refractivity contribution in [1.29, 1.82) is 0 Å². The molecule has 1 unspecified atom stereocenters. The van der Waals surface area contributed by atoms with Crippen LogP contribution < -0.4 is 5.32 Å². The molecule has 0 saturated heterocycles. The zero-order valence-corrected chi connectivity index (χ0v) is 13.2. The van der Waals surface area contributed by atoms with E-state index >= 15 is 0 Å². The number of aryl methyl sites for hydroxylation is 3. The second-order valence-corrected chi connectivity index (χ2v) is 5.51. The first-order valence-electron chi connectivity index (χ1n) is 7.04. The highest BCUT2D eigenvalue weighted by atomic mass is 16.4. The molecule has 1 aromatic carbocycles. The summed E-state index contributed by atoms with van der Waals surface area (Å²) in [6, 6.07) is 7.83. The van der Waals surface area contributed by atoms with Gasteiger partial charge in [0.1, 0.15) is 5.69 Å². The molecule has 0 aliphatic carbocycles. The third-order valence-corrected chi connectivity index (χ3v) is 3.99. The van der Waals surface area contributed by atoms with Crippen LogP contribution in [0.5, 0.6) is 0 Å². The summed E-state index contributed by atoms with van der Waals surface area (Å²) in [5, 5.41) is 12.0. The highest BCUT2D eigenvalue weighted by Crippen LogP contribution is 2.18. The molecule has 0 spiro atoms. The molecule has 116 valence electrons. The number of aliphatic carboxylic acids is 1. The zero-order valence-electron chi connectivity index (χ0n) is 13.2. The topological polar surface area (TPSA) is 71.3 Å². The Morgan fingerprint density at radius 1 is 1.09 bits per heavy atom. The van der Waals surface area contributed by atoms with Crippen LogP contribution in [0.4, 0.5) is 0 Å². The average Bonchev–Trinajstić information content (AvgIpc) is 2.79. The van der Waals surface area contributed by atoms with Gasteiger partial charge >= 0.3 is 5.97 Å². The lowest BCUT2D eigenvalue weighted by atomic mass is 10.0. The van der Waals surface area contributed by atoms with Crippen LogP contribution in [0.25, 0.3) is 0 Å². The number of carboxylic acids is 1. The van der Waals surface area contributed by atoms with Gasteiger partial charge in [0.2, 0.25) is 0 Å². The quantitative estimate of drug-likeness (QED) is 0.911. The van der Waals surface area contributed by atoms with Gasteiger partial charge in [0.05, 0.1) is 0 Å². The van der Waals surface area contributed by atoms with E-state index < -0.39 is 17.9 Å². The molecule has 22 heavy (non-hydrogen) atoms. The van der Waals surface area contributed by atoms with Gasteiger partial charge in [-0.15, -0.1) is 0 Å². The van der Waals surface area contributed by atoms with Crippen LogP contribution >= 0.6 is 0 Å². The van der Waals surface area contributed by atoms with Gasteiger partial charge in [-0.05, 0) is 49.6 Å². The zero-order chi connectivity index (χ0) is 16.4. The molecule has 1 aromatic heterocycles. The fourth-order valence-corrected chi connectivity index (χ4v) is 2.28. The highest BCUT2D eigenvalue weighted by Gasteiger charge is 2.24. The van der Waals surface area contributed by atoms with Crippen molar-refractivity contribution in [3.63, 3.8) is 0 Å². The van der Waals surface area contributed by atoms with Crippen molar-refractivity contribution >= 4 is 11.9 Å². The highest BCUT2D eigenvalue weighted by molar-refractivity contribution is 5.95. The molecule has 0 bridgehead atoms. The standard InChI is InChI=1S/C17H20N2O3/c1-10-5-7-13(9-11(10)2)15(17(21)22)18-16(20)14-8-6-12(3)19(14)4/h5-9,15H,1-4H3,(H,18,20)(H,21,22). The molecule has 0 fully saturated rings. The van der Waals surface area contributed by atoms with Gasteiger partial charge in [0, 0.05) is 12.7 Å². The van der Waals surface area contributed by atoms with E-state index in [0.717, 1.165) is 16.8 Å². The Balaban J connectivity index is 2.29. The Morgan fingerprint density at radius 3 is 2.27 bits per heavy atom. The summed E-state index contributed by atoms with van der Waals surface area (Å²) in [6.45, 7) is 5.76. The number of nitrogens with zero attached hydrogens (tertiary/aromatic N) is 1. The molecule has 0 aliphatic heterocycles. The Morgan fingerprint density at radius 2 is 1.77 bits per heavy atom. The summed E-state index contributed by atoms with van der Waals surface area (Å²) >= 11 is 0. The molecule has 5 nitrogen and oxygen atoms in total. The largest absolute Gasteiger partial charge is 0.479 e. The van der Waals surface area contributed by atoms with E-state index in [2.05, 4.69) is 5.32 Å². The number of carbonyl (C=O) groups is 2. The molecule has 1 atom stereocenters. The van der Waals surface area contributed by atoms with Crippen molar-refractivity contribution in [1.82, 2.24) is 9.88 Å². The monoisotopic (exact) mass is 300 g/mol. The number of hydrogen-bond donors (Lipinski definition) is 2. The van der Waals surface area contributed by atoms with Gasteiger partial charge in [0.25, 0.3) is 5.91 Å². The SMILES string of the molecule is Cc1ccc(C(NC(=O)c2ccc(C)n2C)C(=O)O)cc1C. The lowest BCUT2D eigenvalue weighted by Crippen LogP contribution is -2.34. The van der Waals surface area contributed by atoms with E-state index in [9.17, 15) is 14.7 Å². The fourth-order valence-electron chi connectivity index (χ4n) is 2.28. The van der Waals surface area contributed by atoms with E-state index in [-0.39, 0.29) is 0 Å². The second-order valence-electron chi connectivity index (χ2n) is 5.51. The third-order valence-electron chi connectivity index (χ3n) is 3.99.